The maximum atomic E-state index is 13.6. The summed E-state index contributed by atoms with van der Waals surface area (Å²) in [7, 11) is 0. The third-order valence-corrected chi connectivity index (χ3v) is 19.4. The Hall–Kier alpha value is -9.13. The van der Waals surface area contributed by atoms with Crippen molar-refractivity contribution in [1.29, 1.82) is 0 Å². The lowest BCUT2D eigenvalue weighted by atomic mass is 9.93. The minimum atomic E-state index is -0.871. The molecule has 3 aromatic heterocycles. The number of nitrogens with two attached hydrogens (primary N) is 2. The monoisotopic (exact) mass is 1600 g/mol. The van der Waals surface area contributed by atoms with E-state index in [0.717, 1.165) is 162 Å². The molecule has 8 aromatic rings. The van der Waals surface area contributed by atoms with Crippen molar-refractivity contribution >= 4 is 102 Å². The molecule has 0 aliphatic carbocycles. The molecule has 602 valence electrons. The van der Waals surface area contributed by atoms with Gasteiger partial charge in [-0.05, 0) is 287 Å². The molecule has 3 aliphatic rings. The normalized spacial score (nSPS) is 15.5. The summed E-state index contributed by atoms with van der Waals surface area (Å²) in [5, 5.41) is 5.68. The fourth-order valence-corrected chi connectivity index (χ4v) is 14.3. The number of rotatable bonds is 14. The first-order chi connectivity index (χ1) is 52.4. The lowest BCUT2D eigenvalue weighted by molar-refractivity contribution is -0.157. The number of amides is 4. The lowest BCUT2D eigenvalue weighted by Crippen LogP contribution is -2.44. The zero-order valence-corrected chi connectivity index (χ0v) is 70.5. The zero-order valence-electron chi connectivity index (χ0n) is 69.0. The molecule has 0 spiro atoms. The number of ether oxygens (including phenoxy) is 6. The Labute approximate surface area is 670 Å². The van der Waals surface area contributed by atoms with Gasteiger partial charge in [0.25, 0.3) is 0 Å². The second-order valence-electron chi connectivity index (χ2n) is 35.6. The number of pyridine rings is 3. The van der Waals surface area contributed by atoms with Crippen LogP contribution in [0.15, 0.2) is 138 Å². The van der Waals surface area contributed by atoms with Gasteiger partial charge in [-0.15, -0.1) is 0 Å². The first-order valence-electron chi connectivity index (χ1n) is 39.1. The van der Waals surface area contributed by atoms with Gasteiger partial charge in [0.15, 0.2) is 11.6 Å². The van der Waals surface area contributed by atoms with Crippen LogP contribution < -0.4 is 21.3 Å². The molecular formula is C89H117BrN10O12. The number of nitrogens with zero attached hydrogens (tertiary/aromatic N) is 8. The number of piperidine rings is 3. The molecular weight excluding hydrogens is 1480 g/mol. The Morgan fingerprint density at radius 1 is 0.402 bits per heavy atom. The standard InChI is InChI=1S/C37H49N3O6.C31H44BrN3O6.C21H24N4/c1-35(2,3)44-30(41)22-25-17-19-39(20-18-25)24-26-15-16-28-23-38-32(31(29(28)21-26)27-13-11-10-12-14-27)40(33(42)45-36(4,5)6)34(43)46-37(7,8)9;1-29(2,3)39-24(36)17-20-12-14-34(15-13-20)19-21-10-11-22-18-33-26(25(32)23(22)16-21)35(27(37)40-30(4,5)6)28(38)41-31(7,8)9;22-18-8-10-25(11-9-18)14-15-6-7-17-13-24-21(23)20(19(17)12-15)16-4-2-1-3-5-16/h10-16,21,23,25H,17-20,22,24H2,1-9H3;10-11,16,18,20H,12-15,17,19H2,1-9H3;1-7,12-13,18H,8-11,14,22H2,(H2,23,24). The summed E-state index contributed by atoms with van der Waals surface area (Å²) in [6.45, 7) is 40.3. The number of fused-ring (bicyclic) bond motifs is 3. The number of halogens is 1. The summed E-state index contributed by atoms with van der Waals surface area (Å²) in [4.78, 5) is 101. The van der Waals surface area contributed by atoms with Crippen molar-refractivity contribution in [1.82, 2.24) is 29.7 Å². The van der Waals surface area contributed by atoms with Gasteiger partial charge in [-0.3, -0.25) is 24.3 Å². The van der Waals surface area contributed by atoms with Gasteiger partial charge in [0.05, 0.1) is 4.47 Å². The van der Waals surface area contributed by atoms with Gasteiger partial charge >= 0.3 is 36.3 Å². The third kappa shape index (κ3) is 26.0. The van der Waals surface area contributed by atoms with Crippen molar-refractivity contribution < 1.29 is 57.2 Å². The number of carbonyl (C=O) groups excluding carboxylic acids is 6. The lowest BCUT2D eigenvalue weighted by Gasteiger charge is -2.32. The highest BCUT2D eigenvalue weighted by atomic mass is 79.9. The van der Waals surface area contributed by atoms with Crippen LogP contribution in [0.3, 0.4) is 0 Å². The summed E-state index contributed by atoms with van der Waals surface area (Å²) in [6.07, 6.45) is 8.49. The molecule has 5 aromatic carbocycles. The van der Waals surface area contributed by atoms with Crippen LogP contribution in [0.1, 0.15) is 193 Å². The first kappa shape index (κ1) is 86.8. The van der Waals surface area contributed by atoms with E-state index in [9.17, 15) is 28.8 Å². The van der Waals surface area contributed by atoms with Crippen molar-refractivity contribution in [3.05, 3.63) is 155 Å². The highest BCUT2D eigenvalue weighted by Gasteiger charge is 2.39. The quantitative estimate of drug-likeness (QED) is 0.0757. The molecule has 3 saturated heterocycles. The highest BCUT2D eigenvalue weighted by Crippen LogP contribution is 2.41. The van der Waals surface area contributed by atoms with Crippen LogP contribution in [0.25, 0.3) is 54.6 Å². The van der Waals surface area contributed by atoms with Crippen LogP contribution in [0.2, 0.25) is 0 Å². The molecule has 0 saturated carbocycles. The van der Waals surface area contributed by atoms with E-state index in [-0.39, 0.29) is 23.6 Å². The van der Waals surface area contributed by atoms with Crippen LogP contribution in [-0.4, -0.2) is 145 Å². The fourth-order valence-electron chi connectivity index (χ4n) is 13.7. The maximum Gasteiger partial charge on any atom is 0.425 e. The minimum absolute atomic E-state index is 0.0982. The molecule has 0 atom stereocenters. The van der Waals surface area contributed by atoms with Crippen LogP contribution in [0.4, 0.5) is 36.6 Å². The molecule has 6 heterocycles. The maximum absolute atomic E-state index is 13.6. The Morgan fingerprint density at radius 2 is 0.705 bits per heavy atom. The van der Waals surface area contributed by atoms with Crippen molar-refractivity contribution in [2.24, 2.45) is 17.6 Å². The molecule has 4 amide bonds. The van der Waals surface area contributed by atoms with Gasteiger partial charge in [0, 0.05) is 89.8 Å². The molecule has 3 fully saturated rings. The van der Waals surface area contributed by atoms with Crippen molar-refractivity contribution in [2.75, 3.05) is 54.8 Å². The summed E-state index contributed by atoms with van der Waals surface area (Å²) in [5.41, 5.74) is 15.0. The topological polar surface area (TPSA) is 265 Å². The van der Waals surface area contributed by atoms with Gasteiger partial charge in [0.1, 0.15) is 39.4 Å². The Morgan fingerprint density at radius 3 is 1.07 bits per heavy atom. The number of anilines is 3. The fraction of sp³-hybridized carbons (Fsp3) is 0.494. The number of imide groups is 2. The Bertz CT molecular complexity index is 4530. The third-order valence-electron chi connectivity index (χ3n) is 18.7. The van der Waals surface area contributed by atoms with Crippen LogP contribution in [0.5, 0.6) is 0 Å². The molecule has 0 bridgehead atoms. The largest absolute Gasteiger partial charge is 0.460 e. The number of hydrogen-bond acceptors (Lipinski definition) is 20. The van der Waals surface area contributed by atoms with Crippen LogP contribution in [0, 0.1) is 11.8 Å². The van der Waals surface area contributed by atoms with Crippen LogP contribution >= 0.6 is 15.9 Å². The van der Waals surface area contributed by atoms with E-state index in [2.05, 4.69) is 94.1 Å². The van der Waals surface area contributed by atoms with Crippen molar-refractivity contribution in [2.45, 2.75) is 235 Å². The molecule has 11 rings (SSSR count). The van der Waals surface area contributed by atoms with E-state index in [0.29, 0.717) is 46.6 Å². The summed E-state index contributed by atoms with van der Waals surface area (Å²) >= 11 is 3.61. The number of hydrogen-bond donors (Lipinski definition) is 2. The van der Waals surface area contributed by atoms with E-state index < -0.39 is 58.0 Å². The van der Waals surface area contributed by atoms with Gasteiger partial charge in [-0.2, -0.15) is 9.80 Å². The molecule has 112 heavy (non-hydrogen) atoms. The Kier molecular flexibility index (Phi) is 28.5. The SMILES string of the molecule is CC(C)(C)OC(=O)CC1CCN(Cc2ccc3cnc(N(C(=O)OC(C)(C)C)C(=O)OC(C)(C)C)c(-c4ccccc4)c3c2)CC1.CC(C)(C)OC(=O)CC1CCN(Cc2ccc3cnc(N(C(=O)OC(C)(C)C)C(=O)OC(C)(C)C)c(Br)c3c2)CC1.Nc1ncc2ccc(CN3CCC(N)CC3)cc2c1-c1ccccc1. The molecule has 22 nitrogen and oxygen atoms in total. The Balaban J connectivity index is 0.000000200. The van der Waals surface area contributed by atoms with Crippen molar-refractivity contribution in [3.63, 3.8) is 0 Å². The van der Waals surface area contributed by atoms with E-state index in [1.54, 1.807) is 95.5 Å². The second-order valence-corrected chi connectivity index (χ2v) is 36.4. The average Bonchev–Trinajstić information content (AvgIpc) is 0.764. The number of benzene rings is 5. The summed E-state index contributed by atoms with van der Waals surface area (Å²) < 4.78 is 33.9. The van der Waals surface area contributed by atoms with E-state index in [4.69, 9.17) is 39.9 Å². The summed E-state index contributed by atoms with van der Waals surface area (Å²) in [5.74, 6) is 1.19. The number of nitrogen functional groups attached to an aromatic ring is 1. The average molecular weight is 1600 g/mol. The second kappa shape index (κ2) is 36.8. The van der Waals surface area contributed by atoms with E-state index in [1.807, 2.05) is 114 Å². The van der Waals surface area contributed by atoms with Crippen molar-refractivity contribution in [3.8, 4) is 22.3 Å². The highest BCUT2D eigenvalue weighted by molar-refractivity contribution is 9.10. The van der Waals surface area contributed by atoms with E-state index in [1.165, 1.54) is 10.9 Å². The smallest absolute Gasteiger partial charge is 0.425 e. The van der Waals surface area contributed by atoms with Gasteiger partial charge in [0.2, 0.25) is 0 Å². The minimum Gasteiger partial charge on any atom is -0.460 e. The zero-order chi connectivity index (χ0) is 81.8. The first-order valence-corrected chi connectivity index (χ1v) is 39.8. The molecule has 0 unspecified atom stereocenters. The molecule has 3 aliphatic heterocycles. The summed E-state index contributed by atoms with van der Waals surface area (Å²) in [6, 6.07) is 39.2. The van der Waals surface area contributed by atoms with Gasteiger partial charge < -0.3 is 39.9 Å². The van der Waals surface area contributed by atoms with Gasteiger partial charge in [-0.25, -0.2) is 34.1 Å². The number of esters is 2. The number of aromatic nitrogens is 3. The molecule has 0 radical (unpaired) electrons. The van der Waals surface area contributed by atoms with Gasteiger partial charge in [-0.1, -0.05) is 97.1 Å². The predicted molar refractivity (Wildman–Crippen MR) is 448 cm³/mol. The molecule has 4 N–H and O–H groups in total. The number of carbonyl (C=O) groups is 6. The predicted octanol–water partition coefficient (Wildman–Crippen LogP) is 19.5. The number of likely N-dealkylation sites (tertiary alicyclic amines) is 3. The molecule has 23 heteroatoms. The van der Waals surface area contributed by atoms with E-state index >= 15 is 0 Å². The van der Waals surface area contributed by atoms with Crippen LogP contribution in [-0.2, 0) is 57.6 Å².